The van der Waals surface area contributed by atoms with E-state index in [0.29, 0.717) is 0 Å². The Hall–Kier alpha value is -1.42. The standard InChI is InChI=1S/C15H16BrN3/c1-10-8-17-11(2)15(18-10)19-7-6-12-4-3-5-14(16)13(12)9-19/h3-5,8H,6-7,9H2,1-2H3. The van der Waals surface area contributed by atoms with Crippen molar-refractivity contribution >= 4 is 21.7 Å². The molecule has 19 heavy (non-hydrogen) atoms. The van der Waals surface area contributed by atoms with Crippen molar-refractivity contribution in [2.75, 3.05) is 11.4 Å². The van der Waals surface area contributed by atoms with Gasteiger partial charge in [-0.15, -0.1) is 0 Å². The third-order valence-electron chi connectivity index (χ3n) is 3.57. The van der Waals surface area contributed by atoms with E-state index >= 15 is 0 Å². The van der Waals surface area contributed by atoms with Crippen molar-refractivity contribution in [3.05, 3.63) is 51.4 Å². The van der Waals surface area contributed by atoms with E-state index in [2.05, 4.69) is 49.0 Å². The lowest BCUT2D eigenvalue weighted by molar-refractivity contribution is 0.710. The van der Waals surface area contributed by atoms with Crippen LogP contribution >= 0.6 is 15.9 Å². The second-order valence-electron chi connectivity index (χ2n) is 4.97. The Balaban J connectivity index is 1.97. The molecule has 3 nitrogen and oxygen atoms in total. The summed E-state index contributed by atoms with van der Waals surface area (Å²) in [6.07, 6.45) is 2.89. The number of fused-ring (bicyclic) bond motifs is 1. The predicted molar refractivity (Wildman–Crippen MR) is 80.4 cm³/mol. The van der Waals surface area contributed by atoms with Crippen LogP contribution in [-0.4, -0.2) is 16.5 Å². The number of aromatic nitrogens is 2. The number of benzene rings is 1. The zero-order chi connectivity index (χ0) is 13.4. The Morgan fingerprint density at radius 2 is 2.11 bits per heavy atom. The minimum Gasteiger partial charge on any atom is -0.350 e. The van der Waals surface area contributed by atoms with Crippen LogP contribution in [0.1, 0.15) is 22.5 Å². The number of aryl methyl sites for hydroxylation is 2. The number of anilines is 1. The van der Waals surface area contributed by atoms with Crippen LogP contribution in [0.4, 0.5) is 5.82 Å². The fraction of sp³-hybridized carbons (Fsp3) is 0.333. The van der Waals surface area contributed by atoms with E-state index in [0.717, 1.165) is 36.7 Å². The van der Waals surface area contributed by atoms with Gasteiger partial charge in [0.2, 0.25) is 0 Å². The predicted octanol–water partition coefficient (Wildman–Crippen LogP) is 3.42. The lowest BCUT2D eigenvalue weighted by Crippen LogP contribution is -2.32. The molecule has 0 bridgehead atoms. The second kappa shape index (κ2) is 4.93. The van der Waals surface area contributed by atoms with Crippen LogP contribution in [0.2, 0.25) is 0 Å². The summed E-state index contributed by atoms with van der Waals surface area (Å²) in [5, 5.41) is 0. The molecule has 0 saturated heterocycles. The maximum Gasteiger partial charge on any atom is 0.150 e. The van der Waals surface area contributed by atoms with E-state index in [1.807, 2.05) is 20.0 Å². The molecular weight excluding hydrogens is 302 g/mol. The van der Waals surface area contributed by atoms with Gasteiger partial charge in [-0.05, 0) is 37.5 Å². The molecule has 0 radical (unpaired) electrons. The van der Waals surface area contributed by atoms with Crippen molar-refractivity contribution in [2.45, 2.75) is 26.8 Å². The maximum absolute atomic E-state index is 4.65. The molecule has 0 amide bonds. The minimum atomic E-state index is 0.899. The molecule has 1 aliphatic rings. The van der Waals surface area contributed by atoms with E-state index < -0.39 is 0 Å². The molecule has 0 atom stereocenters. The molecule has 0 unspecified atom stereocenters. The van der Waals surface area contributed by atoms with Gasteiger partial charge in [0, 0.05) is 23.8 Å². The number of hydrogen-bond donors (Lipinski definition) is 0. The molecule has 0 fully saturated rings. The first-order chi connectivity index (χ1) is 9.15. The van der Waals surface area contributed by atoms with Crippen LogP contribution in [0, 0.1) is 13.8 Å². The summed E-state index contributed by atoms with van der Waals surface area (Å²) < 4.78 is 1.19. The first-order valence-corrected chi connectivity index (χ1v) is 7.26. The van der Waals surface area contributed by atoms with Crippen LogP contribution in [0.25, 0.3) is 0 Å². The zero-order valence-electron chi connectivity index (χ0n) is 11.2. The first-order valence-electron chi connectivity index (χ1n) is 6.46. The summed E-state index contributed by atoms with van der Waals surface area (Å²) in [5.41, 5.74) is 4.78. The zero-order valence-corrected chi connectivity index (χ0v) is 12.7. The Morgan fingerprint density at radius 1 is 1.26 bits per heavy atom. The quantitative estimate of drug-likeness (QED) is 0.807. The highest BCUT2D eigenvalue weighted by molar-refractivity contribution is 9.10. The van der Waals surface area contributed by atoms with Gasteiger partial charge in [0.25, 0.3) is 0 Å². The van der Waals surface area contributed by atoms with Gasteiger partial charge in [0.1, 0.15) is 0 Å². The van der Waals surface area contributed by atoms with Gasteiger partial charge in [-0.25, -0.2) is 4.98 Å². The molecule has 2 aromatic rings. The fourth-order valence-corrected chi connectivity index (χ4v) is 3.08. The molecular formula is C15H16BrN3. The molecule has 4 heteroatoms. The van der Waals surface area contributed by atoms with Crippen molar-refractivity contribution in [1.82, 2.24) is 9.97 Å². The van der Waals surface area contributed by atoms with Crippen LogP contribution in [0.3, 0.4) is 0 Å². The van der Waals surface area contributed by atoms with Crippen molar-refractivity contribution in [3.63, 3.8) is 0 Å². The van der Waals surface area contributed by atoms with E-state index in [-0.39, 0.29) is 0 Å². The summed E-state index contributed by atoms with van der Waals surface area (Å²) >= 11 is 3.65. The molecule has 3 rings (SSSR count). The summed E-state index contributed by atoms with van der Waals surface area (Å²) in [5.74, 6) is 1.02. The molecule has 2 heterocycles. The highest BCUT2D eigenvalue weighted by Gasteiger charge is 2.20. The van der Waals surface area contributed by atoms with Gasteiger partial charge in [-0.3, -0.25) is 4.98 Å². The van der Waals surface area contributed by atoms with Gasteiger partial charge >= 0.3 is 0 Å². The minimum absolute atomic E-state index is 0.899. The van der Waals surface area contributed by atoms with Crippen molar-refractivity contribution in [2.24, 2.45) is 0 Å². The van der Waals surface area contributed by atoms with Crippen molar-refractivity contribution < 1.29 is 0 Å². The van der Waals surface area contributed by atoms with E-state index in [9.17, 15) is 0 Å². The highest BCUT2D eigenvalue weighted by atomic mass is 79.9. The summed E-state index contributed by atoms with van der Waals surface area (Å²) in [6.45, 7) is 5.92. The number of hydrogen-bond acceptors (Lipinski definition) is 3. The number of nitrogens with zero attached hydrogens (tertiary/aromatic N) is 3. The van der Waals surface area contributed by atoms with Gasteiger partial charge in [0.05, 0.1) is 11.4 Å². The second-order valence-corrected chi connectivity index (χ2v) is 5.82. The van der Waals surface area contributed by atoms with Gasteiger partial charge in [-0.1, -0.05) is 28.1 Å². The normalized spacial score (nSPS) is 14.4. The Bertz CT molecular complexity index is 625. The first kappa shape index (κ1) is 12.6. The lowest BCUT2D eigenvalue weighted by Gasteiger charge is -2.31. The Labute approximate surface area is 121 Å². The maximum atomic E-state index is 4.65. The van der Waals surface area contributed by atoms with Gasteiger partial charge < -0.3 is 4.90 Å². The average molecular weight is 318 g/mol. The average Bonchev–Trinajstić information content (AvgIpc) is 2.42. The Morgan fingerprint density at radius 3 is 2.95 bits per heavy atom. The number of rotatable bonds is 1. The highest BCUT2D eigenvalue weighted by Crippen LogP contribution is 2.29. The molecule has 0 saturated carbocycles. The molecule has 98 valence electrons. The van der Waals surface area contributed by atoms with E-state index in [1.54, 1.807) is 0 Å². The van der Waals surface area contributed by atoms with Gasteiger partial charge in [0.15, 0.2) is 5.82 Å². The van der Waals surface area contributed by atoms with Crippen LogP contribution < -0.4 is 4.90 Å². The molecule has 1 aromatic heterocycles. The van der Waals surface area contributed by atoms with E-state index in [4.69, 9.17) is 0 Å². The topological polar surface area (TPSA) is 29.0 Å². The van der Waals surface area contributed by atoms with Crippen molar-refractivity contribution in [3.8, 4) is 0 Å². The Kier molecular flexibility index (Phi) is 3.27. The molecule has 0 aliphatic carbocycles. The monoisotopic (exact) mass is 317 g/mol. The van der Waals surface area contributed by atoms with Gasteiger partial charge in [-0.2, -0.15) is 0 Å². The summed E-state index contributed by atoms with van der Waals surface area (Å²) in [7, 11) is 0. The fourth-order valence-electron chi connectivity index (χ4n) is 2.55. The molecule has 0 N–H and O–H groups in total. The number of halogens is 1. The molecule has 0 spiro atoms. The molecule has 1 aliphatic heterocycles. The van der Waals surface area contributed by atoms with Crippen LogP contribution in [-0.2, 0) is 13.0 Å². The summed E-state index contributed by atoms with van der Waals surface area (Å²) in [6, 6.07) is 6.43. The smallest absolute Gasteiger partial charge is 0.150 e. The lowest BCUT2D eigenvalue weighted by atomic mass is 10.00. The SMILES string of the molecule is Cc1cnc(C)c(N2CCc3cccc(Br)c3C2)n1. The third kappa shape index (κ3) is 2.37. The largest absolute Gasteiger partial charge is 0.350 e. The van der Waals surface area contributed by atoms with Crippen molar-refractivity contribution in [1.29, 1.82) is 0 Å². The third-order valence-corrected chi connectivity index (χ3v) is 4.31. The molecule has 1 aromatic carbocycles. The summed E-state index contributed by atoms with van der Waals surface area (Å²) in [4.78, 5) is 11.4. The van der Waals surface area contributed by atoms with Crippen LogP contribution in [0.5, 0.6) is 0 Å². The van der Waals surface area contributed by atoms with E-state index in [1.165, 1.54) is 15.6 Å². The van der Waals surface area contributed by atoms with Crippen LogP contribution in [0.15, 0.2) is 28.9 Å².